The first-order chi connectivity index (χ1) is 7.63. The van der Waals surface area contributed by atoms with E-state index in [0.717, 1.165) is 4.47 Å². The summed E-state index contributed by atoms with van der Waals surface area (Å²) in [4.78, 5) is 0.326. The molecule has 0 N–H and O–H groups in total. The zero-order valence-electron chi connectivity index (χ0n) is 10.6. The molecule has 0 amide bonds. The van der Waals surface area contributed by atoms with Crippen molar-refractivity contribution in [2.45, 2.75) is 25.7 Å². The third-order valence-electron chi connectivity index (χ3n) is 2.22. The molecule has 96 valence electrons. The van der Waals surface area contributed by atoms with E-state index in [1.54, 1.807) is 31.3 Å². The molecule has 0 saturated carbocycles. The van der Waals surface area contributed by atoms with Crippen LogP contribution in [0.1, 0.15) is 20.8 Å². The molecule has 0 spiro atoms. The Labute approximate surface area is 112 Å². The molecule has 0 atom stereocenters. The Morgan fingerprint density at radius 3 is 2.06 bits per heavy atom. The standard InChI is InChI=1S/C12H18BrNO2S/c1-12(2,3)9-14(4)17(15,16)11-7-5-10(13)6-8-11/h5-8H,9H2,1-4H3. The molecular weight excluding hydrogens is 302 g/mol. The summed E-state index contributed by atoms with van der Waals surface area (Å²) in [7, 11) is -1.76. The van der Waals surface area contributed by atoms with E-state index in [2.05, 4.69) is 15.9 Å². The molecule has 17 heavy (non-hydrogen) atoms. The number of halogens is 1. The first-order valence-electron chi connectivity index (χ1n) is 5.35. The fourth-order valence-corrected chi connectivity index (χ4v) is 3.20. The molecular formula is C12H18BrNO2S. The van der Waals surface area contributed by atoms with E-state index >= 15 is 0 Å². The lowest BCUT2D eigenvalue weighted by molar-refractivity contribution is 0.311. The van der Waals surface area contributed by atoms with Gasteiger partial charge in [-0.1, -0.05) is 36.7 Å². The Kier molecular flexibility index (Phi) is 4.38. The Hall–Kier alpha value is -0.390. The molecule has 0 aliphatic heterocycles. The molecule has 0 saturated heterocycles. The van der Waals surface area contributed by atoms with Gasteiger partial charge in [0.1, 0.15) is 0 Å². The van der Waals surface area contributed by atoms with Gasteiger partial charge in [-0.25, -0.2) is 12.7 Å². The maximum Gasteiger partial charge on any atom is 0.242 e. The topological polar surface area (TPSA) is 37.4 Å². The lowest BCUT2D eigenvalue weighted by Crippen LogP contribution is -2.34. The van der Waals surface area contributed by atoms with Gasteiger partial charge in [0.15, 0.2) is 0 Å². The molecule has 3 nitrogen and oxygen atoms in total. The molecule has 0 fully saturated rings. The molecule has 0 aliphatic carbocycles. The quantitative estimate of drug-likeness (QED) is 0.858. The molecule has 1 aromatic carbocycles. The summed E-state index contributed by atoms with van der Waals surface area (Å²) in [5.74, 6) is 0. The SMILES string of the molecule is CN(CC(C)(C)C)S(=O)(=O)c1ccc(Br)cc1. The summed E-state index contributed by atoms with van der Waals surface area (Å²) in [6.45, 7) is 6.53. The zero-order valence-corrected chi connectivity index (χ0v) is 13.0. The van der Waals surface area contributed by atoms with Crippen molar-refractivity contribution in [2.24, 2.45) is 5.41 Å². The van der Waals surface area contributed by atoms with Gasteiger partial charge in [0, 0.05) is 18.1 Å². The van der Waals surface area contributed by atoms with Crippen molar-refractivity contribution < 1.29 is 8.42 Å². The van der Waals surface area contributed by atoms with Crippen LogP contribution in [0.3, 0.4) is 0 Å². The van der Waals surface area contributed by atoms with Crippen LogP contribution in [0, 0.1) is 5.41 Å². The van der Waals surface area contributed by atoms with Gasteiger partial charge in [0.25, 0.3) is 0 Å². The summed E-state index contributed by atoms with van der Waals surface area (Å²) >= 11 is 3.29. The lowest BCUT2D eigenvalue weighted by atomic mass is 9.97. The van der Waals surface area contributed by atoms with Gasteiger partial charge in [0.05, 0.1) is 4.90 Å². The average Bonchev–Trinajstić information content (AvgIpc) is 2.15. The fourth-order valence-electron chi connectivity index (χ4n) is 1.54. The first-order valence-corrected chi connectivity index (χ1v) is 7.58. The molecule has 0 unspecified atom stereocenters. The molecule has 0 heterocycles. The third-order valence-corrected chi connectivity index (χ3v) is 4.57. The number of nitrogens with zero attached hydrogens (tertiary/aromatic N) is 1. The van der Waals surface area contributed by atoms with E-state index in [-0.39, 0.29) is 5.41 Å². The largest absolute Gasteiger partial charge is 0.242 e. The molecule has 0 bridgehead atoms. The smallest absolute Gasteiger partial charge is 0.207 e. The van der Waals surface area contributed by atoms with E-state index in [0.29, 0.717) is 11.4 Å². The minimum atomic E-state index is -3.38. The maximum absolute atomic E-state index is 12.2. The number of sulfonamides is 1. The summed E-state index contributed by atoms with van der Waals surface area (Å²) < 4.78 is 26.7. The second kappa shape index (κ2) is 5.08. The van der Waals surface area contributed by atoms with Crippen LogP contribution in [-0.4, -0.2) is 26.3 Å². The molecule has 5 heteroatoms. The third kappa shape index (κ3) is 4.08. The van der Waals surface area contributed by atoms with Crippen LogP contribution in [0.5, 0.6) is 0 Å². The van der Waals surface area contributed by atoms with Gasteiger partial charge >= 0.3 is 0 Å². The highest BCUT2D eigenvalue weighted by Crippen LogP contribution is 2.21. The summed E-state index contributed by atoms with van der Waals surface area (Å²) in [6, 6.07) is 6.69. The van der Waals surface area contributed by atoms with Crippen LogP contribution in [0.2, 0.25) is 0 Å². The number of hydrogen-bond donors (Lipinski definition) is 0. The van der Waals surface area contributed by atoms with Crippen molar-refractivity contribution in [2.75, 3.05) is 13.6 Å². The van der Waals surface area contributed by atoms with Crippen molar-refractivity contribution >= 4 is 26.0 Å². The van der Waals surface area contributed by atoms with Crippen LogP contribution in [-0.2, 0) is 10.0 Å². The van der Waals surface area contributed by atoms with Crippen LogP contribution in [0.15, 0.2) is 33.6 Å². The second-order valence-electron chi connectivity index (χ2n) is 5.28. The van der Waals surface area contributed by atoms with Crippen LogP contribution in [0.4, 0.5) is 0 Å². The van der Waals surface area contributed by atoms with E-state index < -0.39 is 10.0 Å². The molecule has 0 radical (unpaired) electrons. The van der Waals surface area contributed by atoms with Crippen LogP contribution in [0.25, 0.3) is 0 Å². The predicted molar refractivity (Wildman–Crippen MR) is 73.4 cm³/mol. The van der Waals surface area contributed by atoms with Gasteiger partial charge in [-0.15, -0.1) is 0 Å². The van der Waals surface area contributed by atoms with E-state index in [4.69, 9.17) is 0 Å². The molecule has 0 aliphatic rings. The van der Waals surface area contributed by atoms with E-state index in [9.17, 15) is 8.42 Å². The Morgan fingerprint density at radius 1 is 1.18 bits per heavy atom. The van der Waals surface area contributed by atoms with Crippen molar-refractivity contribution in [3.8, 4) is 0 Å². The van der Waals surface area contributed by atoms with Gasteiger partial charge in [-0.05, 0) is 29.7 Å². The van der Waals surface area contributed by atoms with Crippen molar-refractivity contribution in [3.63, 3.8) is 0 Å². The van der Waals surface area contributed by atoms with Gasteiger partial charge in [0.2, 0.25) is 10.0 Å². The van der Waals surface area contributed by atoms with Gasteiger partial charge < -0.3 is 0 Å². The normalized spacial score (nSPS) is 13.1. The predicted octanol–water partition coefficient (Wildman–Crippen LogP) is 3.12. The average molecular weight is 320 g/mol. The van der Waals surface area contributed by atoms with Gasteiger partial charge in [-0.3, -0.25) is 0 Å². The highest BCUT2D eigenvalue weighted by atomic mass is 79.9. The van der Waals surface area contributed by atoms with Crippen molar-refractivity contribution in [1.29, 1.82) is 0 Å². The van der Waals surface area contributed by atoms with Crippen LogP contribution < -0.4 is 0 Å². The Bertz CT molecular complexity index is 474. The Morgan fingerprint density at radius 2 is 1.65 bits per heavy atom. The minimum absolute atomic E-state index is 0.0583. The highest BCUT2D eigenvalue weighted by Gasteiger charge is 2.24. The number of rotatable bonds is 3. The molecule has 1 rings (SSSR count). The zero-order chi connectivity index (χ0) is 13.3. The van der Waals surface area contributed by atoms with E-state index in [1.807, 2.05) is 20.8 Å². The number of benzene rings is 1. The fraction of sp³-hybridized carbons (Fsp3) is 0.500. The summed E-state index contributed by atoms with van der Waals surface area (Å²) in [5.41, 5.74) is -0.0583. The first kappa shape index (κ1) is 14.7. The highest BCUT2D eigenvalue weighted by molar-refractivity contribution is 9.10. The number of hydrogen-bond acceptors (Lipinski definition) is 2. The molecule has 0 aromatic heterocycles. The second-order valence-corrected chi connectivity index (χ2v) is 8.24. The monoisotopic (exact) mass is 319 g/mol. The van der Waals surface area contributed by atoms with Crippen molar-refractivity contribution in [3.05, 3.63) is 28.7 Å². The summed E-state index contributed by atoms with van der Waals surface area (Å²) in [6.07, 6.45) is 0. The Balaban J connectivity index is 2.99. The van der Waals surface area contributed by atoms with Crippen molar-refractivity contribution in [1.82, 2.24) is 4.31 Å². The maximum atomic E-state index is 12.2. The minimum Gasteiger partial charge on any atom is -0.207 e. The molecule has 1 aromatic rings. The van der Waals surface area contributed by atoms with Crippen LogP contribution >= 0.6 is 15.9 Å². The summed E-state index contributed by atoms with van der Waals surface area (Å²) in [5, 5.41) is 0. The lowest BCUT2D eigenvalue weighted by Gasteiger charge is -2.26. The van der Waals surface area contributed by atoms with E-state index in [1.165, 1.54) is 4.31 Å². The van der Waals surface area contributed by atoms with Gasteiger partial charge in [-0.2, -0.15) is 0 Å².